The van der Waals surface area contributed by atoms with E-state index >= 15 is 0 Å². The average Bonchev–Trinajstić information content (AvgIpc) is 2.38. The first-order chi connectivity index (χ1) is 9.42. The molecule has 0 aliphatic carbocycles. The van der Waals surface area contributed by atoms with Gasteiger partial charge in [0.05, 0.1) is 12.9 Å². The van der Waals surface area contributed by atoms with Crippen LogP contribution in [0.3, 0.4) is 0 Å². The second kappa shape index (κ2) is 5.50. The minimum absolute atomic E-state index is 0.186. The van der Waals surface area contributed by atoms with Gasteiger partial charge < -0.3 is 10.5 Å². The van der Waals surface area contributed by atoms with Gasteiger partial charge >= 0.3 is 0 Å². The fourth-order valence-corrected chi connectivity index (χ4v) is 3.21. The highest BCUT2D eigenvalue weighted by Crippen LogP contribution is 2.22. The van der Waals surface area contributed by atoms with Crippen molar-refractivity contribution in [1.82, 2.24) is 0 Å². The molecule has 2 rings (SSSR count). The van der Waals surface area contributed by atoms with Gasteiger partial charge in [0.25, 0.3) is 0 Å². The molecular weight excluding hydrogens is 281 g/mol. The molecule has 0 unspecified atom stereocenters. The summed E-state index contributed by atoms with van der Waals surface area (Å²) in [6.45, 7) is 0. The molecule has 2 N–H and O–H groups in total. The van der Waals surface area contributed by atoms with Crippen LogP contribution >= 0.6 is 0 Å². The van der Waals surface area contributed by atoms with E-state index in [2.05, 4.69) is 0 Å². The van der Waals surface area contributed by atoms with Crippen LogP contribution in [0.2, 0.25) is 0 Å². The Labute approximate surface area is 116 Å². The van der Waals surface area contributed by atoms with Gasteiger partial charge in [0.2, 0.25) is 0 Å². The zero-order valence-electron chi connectivity index (χ0n) is 10.8. The van der Waals surface area contributed by atoms with Crippen molar-refractivity contribution >= 4 is 15.5 Å². The first-order valence-electron chi connectivity index (χ1n) is 5.83. The highest BCUT2D eigenvalue weighted by atomic mass is 32.2. The molecule has 0 aromatic heterocycles. The van der Waals surface area contributed by atoms with E-state index in [1.54, 1.807) is 24.3 Å². The van der Waals surface area contributed by atoms with E-state index in [1.165, 1.54) is 19.2 Å². The van der Waals surface area contributed by atoms with E-state index in [0.717, 1.165) is 6.07 Å². The monoisotopic (exact) mass is 295 g/mol. The fourth-order valence-electron chi connectivity index (χ4n) is 1.79. The number of nitrogen functional groups attached to an aromatic ring is 1. The third-order valence-corrected chi connectivity index (χ3v) is 4.52. The molecule has 0 fully saturated rings. The second-order valence-electron chi connectivity index (χ2n) is 4.30. The number of sulfone groups is 1. The van der Waals surface area contributed by atoms with Gasteiger partial charge in [0, 0.05) is 5.69 Å². The molecule has 0 aliphatic heterocycles. The molecule has 0 atom stereocenters. The average molecular weight is 295 g/mol. The Hall–Kier alpha value is -2.08. The Morgan fingerprint density at radius 1 is 1.15 bits per heavy atom. The first-order valence-corrected chi connectivity index (χ1v) is 7.48. The molecule has 0 bridgehead atoms. The molecule has 106 valence electrons. The smallest absolute Gasteiger partial charge is 0.185 e. The van der Waals surface area contributed by atoms with Crippen molar-refractivity contribution in [3.05, 3.63) is 53.8 Å². The van der Waals surface area contributed by atoms with Gasteiger partial charge in [0.1, 0.15) is 16.5 Å². The van der Waals surface area contributed by atoms with Crippen molar-refractivity contribution in [1.29, 1.82) is 0 Å². The standard InChI is InChI=1S/C14H14FNO3S/c1-19-12-5-2-10(3-6-12)9-20(17,18)14-7-4-11(16)8-13(14)15/h2-8H,9,16H2,1H3. The van der Waals surface area contributed by atoms with Crippen molar-refractivity contribution in [2.75, 3.05) is 12.8 Å². The molecule has 0 saturated carbocycles. The summed E-state index contributed by atoms with van der Waals surface area (Å²) < 4.78 is 43.0. The predicted octanol–water partition coefficient (Wildman–Crippen LogP) is 2.39. The van der Waals surface area contributed by atoms with Crippen LogP contribution < -0.4 is 10.5 Å². The molecule has 4 nitrogen and oxygen atoms in total. The number of nitrogens with two attached hydrogens (primary N) is 1. The van der Waals surface area contributed by atoms with Crippen LogP contribution in [-0.4, -0.2) is 15.5 Å². The number of hydrogen-bond acceptors (Lipinski definition) is 4. The number of methoxy groups -OCH3 is 1. The van der Waals surface area contributed by atoms with Gasteiger partial charge in [0.15, 0.2) is 9.84 Å². The predicted molar refractivity (Wildman–Crippen MR) is 74.7 cm³/mol. The molecular formula is C14H14FNO3S. The number of benzene rings is 2. The maximum Gasteiger partial charge on any atom is 0.185 e. The normalized spacial score (nSPS) is 11.3. The summed E-state index contributed by atoms with van der Waals surface area (Å²) in [5, 5.41) is 0. The highest BCUT2D eigenvalue weighted by molar-refractivity contribution is 7.90. The Bertz CT molecular complexity index is 712. The van der Waals surface area contributed by atoms with Crippen molar-refractivity contribution in [2.45, 2.75) is 10.6 Å². The van der Waals surface area contributed by atoms with Gasteiger partial charge in [-0.25, -0.2) is 12.8 Å². The van der Waals surface area contributed by atoms with Crippen LogP contribution in [0.15, 0.2) is 47.4 Å². The van der Waals surface area contributed by atoms with Crippen LogP contribution in [-0.2, 0) is 15.6 Å². The molecule has 2 aromatic rings. The van der Waals surface area contributed by atoms with Gasteiger partial charge in [-0.2, -0.15) is 0 Å². The maximum absolute atomic E-state index is 13.7. The zero-order valence-corrected chi connectivity index (χ0v) is 11.7. The quantitative estimate of drug-likeness (QED) is 0.879. The van der Waals surface area contributed by atoms with Crippen molar-refractivity contribution in [3.63, 3.8) is 0 Å². The lowest BCUT2D eigenvalue weighted by Gasteiger charge is -2.07. The van der Waals surface area contributed by atoms with Gasteiger partial charge in [-0.3, -0.25) is 0 Å². The van der Waals surface area contributed by atoms with Gasteiger partial charge in [-0.05, 0) is 35.9 Å². The fraction of sp³-hybridized carbons (Fsp3) is 0.143. The number of halogens is 1. The molecule has 0 aliphatic rings. The van der Waals surface area contributed by atoms with E-state index < -0.39 is 15.7 Å². The van der Waals surface area contributed by atoms with Crippen molar-refractivity contribution in [2.24, 2.45) is 0 Å². The third-order valence-electron chi connectivity index (χ3n) is 2.81. The molecule has 20 heavy (non-hydrogen) atoms. The molecule has 0 spiro atoms. The highest BCUT2D eigenvalue weighted by Gasteiger charge is 2.19. The van der Waals surface area contributed by atoms with Crippen molar-refractivity contribution < 1.29 is 17.5 Å². The van der Waals surface area contributed by atoms with Crippen LogP contribution in [0.5, 0.6) is 5.75 Å². The van der Waals surface area contributed by atoms with Crippen LogP contribution in [0.1, 0.15) is 5.56 Å². The van der Waals surface area contributed by atoms with Crippen molar-refractivity contribution in [3.8, 4) is 5.75 Å². The summed E-state index contributed by atoms with van der Waals surface area (Å²) in [5.41, 5.74) is 6.15. The van der Waals surface area contributed by atoms with E-state index in [9.17, 15) is 12.8 Å². The maximum atomic E-state index is 13.7. The Morgan fingerprint density at radius 3 is 2.35 bits per heavy atom. The van der Waals surface area contributed by atoms with E-state index in [-0.39, 0.29) is 16.3 Å². The number of rotatable bonds is 4. The lowest BCUT2D eigenvalue weighted by Crippen LogP contribution is -2.07. The number of anilines is 1. The summed E-state index contributed by atoms with van der Waals surface area (Å²) in [4.78, 5) is -0.345. The summed E-state index contributed by atoms with van der Waals surface area (Å²) in [7, 11) is -2.23. The van der Waals surface area contributed by atoms with E-state index in [1.807, 2.05) is 0 Å². The second-order valence-corrected chi connectivity index (χ2v) is 6.26. The molecule has 0 radical (unpaired) electrons. The van der Waals surface area contributed by atoms with Crippen LogP contribution in [0.4, 0.5) is 10.1 Å². The first kappa shape index (κ1) is 14.3. The molecule has 0 amide bonds. The van der Waals surface area contributed by atoms with E-state index in [4.69, 9.17) is 10.5 Å². The number of hydrogen-bond donors (Lipinski definition) is 1. The Balaban J connectivity index is 2.30. The topological polar surface area (TPSA) is 69.4 Å². The Morgan fingerprint density at radius 2 is 1.80 bits per heavy atom. The minimum atomic E-state index is -3.75. The lowest BCUT2D eigenvalue weighted by molar-refractivity contribution is 0.414. The molecule has 0 saturated heterocycles. The summed E-state index contributed by atoms with van der Waals surface area (Å²) >= 11 is 0. The zero-order chi connectivity index (χ0) is 14.8. The minimum Gasteiger partial charge on any atom is -0.497 e. The van der Waals surface area contributed by atoms with Gasteiger partial charge in [-0.15, -0.1) is 0 Å². The number of ether oxygens (including phenoxy) is 1. The van der Waals surface area contributed by atoms with E-state index in [0.29, 0.717) is 11.3 Å². The molecule has 2 aromatic carbocycles. The summed E-state index contributed by atoms with van der Waals surface area (Å²) in [6, 6.07) is 10.1. The summed E-state index contributed by atoms with van der Waals surface area (Å²) in [6.07, 6.45) is 0. The summed E-state index contributed by atoms with van der Waals surface area (Å²) in [5.74, 6) is -0.485. The SMILES string of the molecule is COc1ccc(CS(=O)(=O)c2ccc(N)cc2F)cc1. The molecule has 6 heteroatoms. The molecule has 0 heterocycles. The van der Waals surface area contributed by atoms with Crippen LogP contribution in [0.25, 0.3) is 0 Å². The van der Waals surface area contributed by atoms with Gasteiger partial charge in [-0.1, -0.05) is 12.1 Å². The third kappa shape index (κ3) is 3.08. The Kier molecular flexibility index (Phi) is 3.94. The lowest BCUT2D eigenvalue weighted by atomic mass is 10.2. The largest absolute Gasteiger partial charge is 0.497 e. The van der Waals surface area contributed by atoms with Crippen LogP contribution in [0, 0.1) is 5.82 Å².